The fraction of sp³-hybridized carbons (Fsp3) is 0.571. The predicted octanol–water partition coefficient (Wildman–Crippen LogP) is 2.65. The molecule has 0 spiro atoms. The van der Waals surface area contributed by atoms with Gasteiger partial charge in [-0.1, -0.05) is 12.1 Å². The van der Waals surface area contributed by atoms with E-state index in [9.17, 15) is 0 Å². The van der Waals surface area contributed by atoms with E-state index in [-0.39, 0.29) is 6.10 Å². The second kappa shape index (κ2) is 6.06. The van der Waals surface area contributed by atoms with Crippen LogP contribution in [-0.2, 0) is 16.0 Å². The predicted molar refractivity (Wildman–Crippen MR) is 74.8 cm³/mol. The Labute approximate surface area is 113 Å². The van der Waals surface area contributed by atoms with E-state index in [1.807, 2.05) is 13.8 Å². The van der Waals surface area contributed by atoms with Crippen LogP contribution in [0.2, 0.25) is 0 Å². The standard InChI is InChI=1S/C14H21NO2S/c1-14(2)16-10-12(17-14)9-15-8-11-4-6-13(18-3)7-5-11/h4-7,12,15H,8-10H2,1-3H3. The molecule has 2 rings (SSSR count). The van der Waals surface area contributed by atoms with E-state index in [4.69, 9.17) is 9.47 Å². The maximum atomic E-state index is 5.74. The van der Waals surface area contributed by atoms with Crippen LogP contribution in [0.25, 0.3) is 0 Å². The van der Waals surface area contributed by atoms with Gasteiger partial charge in [0.05, 0.1) is 12.7 Å². The van der Waals surface area contributed by atoms with Crippen LogP contribution in [-0.4, -0.2) is 31.3 Å². The zero-order chi connectivity index (χ0) is 13.0. The first kappa shape index (κ1) is 13.9. The Hall–Kier alpha value is -0.550. The van der Waals surface area contributed by atoms with Gasteiger partial charge in [-0.25, -0.2) is 0 Å². The van der Waals surface area contributed by atoms with Crippen LogP contribution in [0.4, 0.5) is 0 Å². The molecule has 1 aromatic rings. The summed E-state index contributed by atoms with van der Waals surface area (Å²) in [5, 5.41) is 3.41. The molecule has 0 aliphatic carbocycles. The summed E-state index contributed by atoms with van der Waals surface area (Å²) in [7, 11) is 0. The lowest BCUT2D eigenvalue weighted by Gasteiger charge is -2.17. The molecule has 1 atom stereocenters. The number of hydrogen-bond acceptors (Lipinski definition) is 4. The van der Waals surface area contributed by atoms with Gasteiger partial charge in [-0.15, -0.1) is 11.8 Å². The van der Waals surface area contributed by atoms with Crippen molar-refractivity contribution in [3.8, 4) is 0 Å². The molecule has 1 aliphatic heterocycles. The Morgan fingerprint density at radius 3 is 2.61 bits per heavy atom. The Morgan fingerprint density at radius 1 is 1.33 bits per heavy atom. The largest absolute Gasteiger partial charge is 0.348 e. The topological polar surface area (TPSA) is 30.5 Å². The van der Waals surface area contributed by atoms with Gasteiger partial charge in [0.15, 0.2) is 5.79 Å². The highest BCUT2D eigenvalue weighted by Crippen LogP contribution is 2.21. The van der Waals surface area contributed by atoms with Gasteiger partial charge in [0, 0.05) is 18.0 Å². The third-order valence-electron chi connectivity index (χ3n) is 2.93. The minimum absolute atomic E-state index is 0.158. The molecule has 0 radical (unpaired) electrons. The highest BCUT2D eigenvalue weighted by atomic mass is 32.2. The quantitative estimate of drug-likeness (QED) is 0.831. The van der Waals surface area contributed by atoms with E-state index in [0.29, 0.717) is 6.61 Å². The van der Waals surface area contributed by atoms with Crippen LogP contribution in [0.15, 0.2) is 29.2 Å². The number of benzene rings is 1. The monoisotopic (exact) mass is 267 g/mol. The summed E-state index contributed by atoms with van der Waals surface area (Å²) in [5.41, 5.74) is 1.30. The minimum Gasteiger partial charge on any atom is -0.348 e. The van der Waals surface area contributed by atoms with Gasteiger partial charge in [0.2, 0.25) is 0 Å². The number of rotatable bonds is 5. The van der Waals surface area contributed by atoms with Gasteiger partial charge < -0.3 is 14.8 Å². The summed E-state index contributed by atoms with van der Waals surface area (Å²) >= 11 is 1.76. The van der Waals surface area contributed by atoms with E-state index >= 15 is 0 Å². The maximum Gasteiger partial charge on any atom is 0.163 e. The average Bonchev–Trinajstić information content (AvgIpc) is 2.70. The molecule has 1 fully saturated rings. The summed E-state index contributed by atoms with van der Waals surface area (Å²) in [6.45, 7) is 6.27. The van der Waals surface area contributed by atoms with Crippen molar-refractivity contribution >= 4 is 11.8 Å². The van der Waals surface area contributed by atoms with E-state index in [0.717, 1.165) is 13.1 Å². The molecule has 1 aromatic carbocycles. The third-order valence-corrected chi connectivity index (χ3v) is 3.67. The zero-order valence-corrected chi connectivity index (χ0v) is 12.0. The lowest BCUT2D eigenvalue weighted by atomic mass is 10.2. The summed E-state index contributed by atoms with van der Waals surface area (Å²) in [6, 6.07) is 8.63. The van der Waals surface area contributed by atoms with Crippen molar-refractivity contribution in [1.29, 1.82) is 0 Å². The molecule has 100 valence electrons. The third kappa shape index (κ3) is 3.99. The molecule has 1 aliphatic rings. The van der Waals surface area contributed by atoms with E-state index < -0.39 is 5.79 Å². The summed E-state index contributed by atoms with van der Waals surface area (Å²) < 4.78 is 11.3. The van der Waals surface area contributed by atoms with Crippen molar-refractivity contribution in [2.75, 3.05) is 19.4 Å². The van der Waals surface area contributed by atoms with Crippen molar-refractivity contribution in [3.05, 3.63) is 29.8 Å². The van der Waals surface area contributed by atoms with Crippen LogP contribution in [0.1, 0.15) is 19.4 Å². The normalized spacial score (nSPS) is 22.3. The lowest BCUT2D eigenvalue weighted by molar-refractivity contribution is -0.137. The van der Waals surface area contributed by atoms with Crippen LogP contribution in [0.3, 0.4) is 0 Å². The summed E-state index contributed by atoms with van der Waals surface area (Å²) in [5.74, 6) is -0.424. The average molecular weight is 267 g/mol. The summed E-state index contributed by atoms with van der Waals surface area (Å²) in [4.78, 5) is 1.30. The molecule has 1 unspecified atom stereocenters. The molecule has 0 amide bonds. The van der Waals surface area contributed by atoms with Crippen LogP contribution < -0.4 is 5.32 Å². The van der Waals surface area contributed by atoms with Gasteiger partial charge in [-0.2, -0.15) is 0 Å². The molecule has 1 N–H and O–H groups in total. The highest BCUT2D eigenvalue weighted by Gasteiger charge is 2.32. The maximum absolute atomic E-state index is 5.74. The zero-order valence-electron chi connectivity index (χ0n) is 11.2. The van der Waals surface area contributed by atoms with Gasteiger partial charge in [0.25, 0.3) is 0 Å². The minimum atomic E-state index is -0.424. The first-order valence-electron chi connectivity index (χ1n) is 6.24. The van der Waals surface area contributed by atoms with Crippen molar-refractivity contribution in [1.82, 2.24) is 5.32 Å². The fourth-order valence-corrected chi connectivity index (χ4v) is 2.39. The van der Waals surface area contributed by atoms with Gasteiger partial charge in [0.1, 0.15) is 0 Å². The molecule has 18 heavy (non-hydrogen) atoms. The van der Waals surface area contributed by atoms with Crippen molar-refractivity contribution in [2.24, 2.45) is 0 Å². The fourth-order valence-electron chi connectivity index (χ4n) is 1.98. The smallest absolute Gasteiger partial charge is 0.163 e. The number of ether oxygens (including phenoxy) is 2. The van der Waals surface area contributed by atoms with Crippen LogP contribution in [0, 0.1) is 0 Å². The molecule has 0 aromatic heterocycles. The SMILES string of the molecule is CSc1ccc(CNCC2COC(C)(C)O2)cc1. The molecule has 0 saturated carbocycles. The molecule has 1 saturated heterocycles. The Morgan fingerprint density at radius 2 is 2.06 bits per heavy atom. The van der Waals surface area contributed by atoms with Gasteiger partial charge >= 0.3 is 0 Å². The summed E-state index contributed by atoms with van der Waals surface area (Å²) in [6.07, 6.45) is 2.25. The molecule has 0 bridgehead atoms. The molecular formula is C14H21NO2S. The Kier molecular flexibility index (Phi) is 4.67. The highest BCUT2D eigenvalue weighted by molar-refractivity contribution is 7.98. The van der Waals surface area contributed by atoms with Crippen molar-refractivity contribution in [3.63, 3.8) is 0 Å². The van der Waals surface area contributed by atoms with E-state index in [1.54, 1.807) is 11.8 Å². The number of hydrogen-bond donors (Lipinski definition) is 1. The first-order chi connectivity index (χ1) is 8.59. The molecule has 1 heterocycles. The van der Waals surface area contributed by atoms with Gasteiger partial charge in [-0.05, 0) is 37.8 Å². The molecule has 4 heteroatoms. The van der Waals surface area contributed by atoms with Gasteiger partial charge in [-0.3, -0.25) is 0 Å². The Bertz CT molecular complexity index is 378. The molecular weight excluding hydrogens is 246 g/mol. The van der Waals surface area contributed by atoms with Crippen LogP contribution >= 0.6 is 11.8 Å². The van der Waals surface area contributed by atoms with Crippen molar-refractivity contribution in [2.45, 2.75) is 37.2 Å². The van der Waals surface area contributed by atoms with E-state index in [2.05, 4.69) is 35.8 Å². The van der Waals surface area contributed by atoms with Crippen LogP contribution in [0.5, 0.6) is 0 Å². The lowest BCUT2D eigenvalue weighted by Crippen LogP contribution is -2.30. The second-order valence-electron chi connectivity index (χ2n) is 4.93. The second-order valence-corrected chi connectivity index (χ2v) is 5.81. The molecule has 3 nitrogen and oxygen atoms in total. The number of thioether (sulfide) groups is 1. The first-order valence-corrected chi connectivity index (χ1v) is 7.47. The Balaban J connectivity index is 1.72. The van der Waals surface area contributed by atoms with E-state index in [1.165, 1.54) is 10.5 Å². The van der Waals surface area contributed by atoms with Crippen molar-refractivity contribution < 1.29 is 9.47 Å². The number of nitrogens with one attached hydrogen (secondary N) is 1.